The molecule has 1 amide bonds. The summed E-state index contributed by atoms with van der Waals surface area (Å²) in [7, 11) is 0. The fraction of sp³-hybridized carbons (Fsp3) is 0.400. The molecule has 1 aliphatic rings. The number of benzene rings is 2. The summed E-state index contributed by atoms with van der Waals surface area (Å²) in [5, 5.41) is 24.2. The van der Waals surface area contributed by atoms with Gasteiger partial charge in [0, 0.05) is 31.5 Å². The van der Waals surface area contributed by atoms with Crippen molar-refractivity contribution in [3.63, 3.8) is 0 Å². The summed E-state index contributed by atoms with van der Waals surface area (Å²) in [6, 6.07) is 17.6. The highest BCUT2D eigenvalue weighted by molar-refractivity contribution is 5.98. The Morgan fingerprint density at radius 2 is 1.68 bits per heavy atom. The van der Waals surface area contributed by atoms with Gasteiger partial charge < -0.3 is 19.8 Å². The number of ether oxygens (including phenoxy) is 1. The normalized spacial score (nSPS) is 15.4. The van der Waals surface area contributed by atoms with E-state index in [-0.39, 0.29) is 24.5 Å². The van der Waals surface area contributed by atoms with Gasteiger partial charge in [-0.3, -0.25) is 4.68 Å². The van der Waals surface area contributed by atoms with E-state index in [1.54, 1.807) is 17.0 Å². The third-order valence-electron chi connectivity index (χ3n) is 6.55. The summed E-state index contributed by atoms with van der Waals surface area (Å²) in [6.45, 7) is 7.00. The summed E-state index contributed by atoms with van der Waals surface area (Å²) in [5.41, 5.74) is 4.72. The van der Waals surface area contributed by atoms with Crippen molar-refractivity contribution < 1.29 is 19.7 Å². The van der Waals surface area contributed by atoms with Gasteiger partial charge in [-0.1, -0.05) is 42.5 Å². The van der Waals surface area contributed by atoms with Crippen molar-refractivity contribution in [1.82, 2.24) is 14.7 Å². The van der Waals surface area contributed by atoms with E-state index < -0.39 is 5.60 Å². The third kappa shape index (κ3) is 6.80. The summed E-state index contributed by atoms with van der Waals surface area (Å²) in [4.78, 5) is 14.2. The average molecular weight is 504 g/mol. The van der Waals surface area contributed by atoms with E-state index in [2.05, 4.69) is 18.3 Å². The Bertz CT molecular complexity index is 1200. The van der Waals surface area contributed by atoms with E-state index in [1.807, 2.05) is 62.0 Å². The minimum absolute atomic E-state index is 0.106. The van der Waals surface area contributed by atoms with Gasteiger partial charge >= 0.3 is 6.09 Å². The maximum Gasteiger partial charge on any atom is 0.410 e. The van der Waals surface area contributed by atoms with Crippen LogP contribution in [0.4, 0.5) is 4.79 Å². The van der Waals surface area contributed by atoms with Gasteiger partial charge in [-0.2, -0.15) is 5.10 Å². The van der Waals surface area contributed by atoms with E-state index >= 15 is 0 Å². The number of allylic oxidation sites excluding steroid dienone is 1. The number of aromatic hydroxyl groups is 1. The lowest BCUT2D eigenvalue weighted by Crippen LogP contribution is -2.42. The first kappa shape index (κ1) is 26.5. The lowest BCUT2D eigenvalue weighted by molar-refractivity contribution is 0.0184. The van der Waals surface area contributed by atoms with Gasteiger partial charge in [0.25, 0.3) is 0 Å². The molecule has 0 spiro atoms. The molecule has 0 aliphatic carbocycles. The smallest absolute Gasteiger partial charge is 0.410 e. The van der Waals surface area contributed by atoms with Crippen molar-refractivity contribution in [2.45, 2.75) is 58.1 Å². The van der Waals surface area contributed by atoms with Gasteiger partial charge in [0.2, 0.25) is 0 Å². The number of carbonyl (C=O) groups excluding carboxylic acids is 1. The fourth-order valence-corrected chi connectivity index (χ4v) is 4.76. The minimum Gasteiger partial charge on any atom is -0.508 e. The summed E-state index contributed by atoms with van der Waals surface area (Å²) in [5.74, 6) is 0.215. The standard InChI is InChI=1S/C30H37N3O4/c1-30(2,3)37-29(36)32-17-15-25(16-18-32)33-21-24(20-31-33)28(23-11-13-26(35)14-12-23)27(10-7-19-34)22-8-5-4-6-9-22/h4-6,8-9,11-14,20-21,25,34-35H,7,10,15-19H2,1-3H3. The Morgan fingerprint density at radius 1 is 1.00 bits per heavy atom. The van der Waals surface area contributed by atoms with E-state index in [0.29, 0.717) is 25.9 Å². The minimum atomic E-state index is -0.506. The molecule has 1 aromatic heterocycles. The summed E-state index contributed by atoms with van der Waals surface area (Å²) in [6.07, 6.45) is 6.66. The number of amides is 1. The van der Waals surface area contributed by atoms with E-state index in [9.17, 15) is 15.0 Å². The molecule has 0 atom stereocenters. The van der Waals surface area contributed by atoms with Crippen molar-refractivity contribution in [1.29, 1.82) is 0 Å². The molecule has 2 heterocycles. The highest BCUT2D eigenvalue weighted by Crippen LogP contribution is 2.36. The second kappa shape index (κ2) is 11.6. The van der Waals surface area contributed by atoms with Gasteiger partial charge in [-0.15, -0.1) is 0 Å². The van der Waals surface area contributed by atoms with Crippen LogP contribution in [-0.4, -0.2) is 56.3 Å². The van der Waals surface area contributed by atoms with Crippen molar-refractivity contribution in [3.8, 4) is 5.75 Å². The van der Waals surface area contributed by atoms with Crippen molar-refractivity contribution in [2.24, 2.45) is 0 Å². The molecule has 0 saturated carbocycles. The van der Waals surface area contributed by atoms with Crippen LogP contribution >= 0.6 is 0 Å². The molecule has 4 rings (SSSR count). The second-order valence-electron chi connectivity index (χ2n) is 10.5. The number of aliphatic hydroxyl groups is 1. The lowest BCUT2D eigenvalue weighted by atomic mass is 9.88. The molecule has 1 saturated heterocycles. The van der Waals surface area contributed by atoms with Crippen LogP contribution in [0.1, 0.15) is 69.2 Å². The van der Waals surface area contributed by atoms with Crippen LogP contribution in [0.3, 0.4) is 0 Å². The molecule has 2 aromatic carbocycles. The highest BCUT2D eigenvalue weighted by atomic mass is 16.6. The molecule has 7 nitrogen and oxygen atoms in total. The molecule has 37 heavy (non-hydrogen) atoms. The Hall–Kier alpha value is -3.58. The number of carbonyl (C=O) groups is 1. The maximum absolute atomic E-state index is 12.5. The average Bonchev–Trinajstić information content (AvgIpc) is 3.37. The number of piperidine rings is 1. The van der Waals surface area contributed by atoms with Crippen LogP contribution in [0.15, 0.2) is 67.0 Å². The molecular weight excluding hydrogens is 466 g/mol. The number of aromatic nitrogens is 2. The Morgan fingerprint density at radius 3 is 2.30 bits per heavy atom. The zero-order valence-electron chi connectivity index (χ0n) is 21.9. The number of aliphatic hydroxyl groups excluding tert-OH is 1. The largest absolute Gasteiger partial charge is 0.508 e. The van der Waals surface area contributed by atoms with Crippen LogP contribution in [0, 0.1) is 0 Å². The van der Waals surface area contributed by atoms with Gasteiger partial charge in [-0.25, -0.2) is 4.79 Å². The molecular formula is C30H37N3O4. The first-order valence-corrected chi connectivity index (χ1v) is 13.0. The molecule has 1 fully saturated rings. The predicted molar refractivity (Wildman–Crippen MR) is 145 cm³/mol. The monoisotopic (exact) mass is 503 g/mol. The molecule has 7 heteroatoms. The van der Waals surface area contributed by atoms with Crippen LogP contribution in [-0.2, 0) is 4.74 Å². The number of phenols is 1. The van der Waals surface area contributed by atoms with Crippen molar-refractivity contribution in [3.05, 3.63) is 83.7 Å². The number of hydrogen-bond acceptors (Lipinski definition) is 5. The van der Waals surface area contributed by atoms with Gasteiger partial charge in [0.15, 0.2) is 0 Å². The second-order valence-corrected chi connectivity index (χ2v) is 10.5. The molecule has 0 bridgehead atoms. The quantitative estimate of drug-likeness (QED) is 0.393. The lowest BCUT2D eigenvalue weighted by Gasteiger charge is -2.33. The van der Waals surface area contributed by atoms with Gasteiger partial charge in [0.1, 0.15) is 11.4 Å². The molecule has 196 valence electrons. The zero-order chi connectivity index (χ0) is 26.4. The fourth-order valence-electron chi connectivity index (χ4n) is 4.76. The number of hydrogen-bond donors (Lipinski definition) is 2. The zero-order valence-corrected chi connectivity index (χ0v) is 21.9. The predicted octanol–water partition coefficient (Wildman–Crippen LogP) is 5.89. The van der Waals surface area contributed by atoms with E-state index in [0.717, 1.165) is 40.7 Å². The van der Waals surface area contributed by atoms with Crippen molar-refractivity contribution in [2.75, 3.05) is 19.7 Å². The Balaban J connectivity index is 1.64. The topological polar surface area (TPSA) is 87.8 Å². The summed E-state index contributed by atoms with van der Waals surface area (Å²) < 4.78 is 7.55. The van der Waals surface area contributed by atoms with Crippen LogP contribution in [0.25, 0.3) is 11.1 Å². The first-order chi connectivity index (χ1) is 17.7. The molecule has 0 radical (unpaired) electrons. The van der Waals surface area contributed by atoms with Crippen LogP contribution < -0.4 is 0 Å². The molecule has 3 aromatic rings. The van der Waals surface area contributed by atoms with Crippen molar-refractivity contribution >= 4 is 17.2 Å². The molecule has 1 aliphatic heterocycles. The Kier molecular flexibility index (Phi) is 8.34. The maximum atomic E-state index is 12.5. The SMILES string of the molecule is CC(C)(C)OC(=O)N1CCC(n2cc(C(=C(CCCO)c3ccccc3)c3ccc(O)cc3)cn2)CC1. The van der Waals surface area contributed by atoms with Crippen LogP contribution in [0.2, 0.25) is 0 Å². The van der Waals surface area contributed by atoms with Crippen LogP contribution in [0.5, 0.6) is 5.75 Å². The number of rotatable bonds is 7. The number of nitrogens with zero attached hydrogens (tertiary/aromatic N) is 3. The third-order valence-corrected chi connectivity index (χ3v) is 6.55. The number of likely N-dealkylation sites (tertiary alicyclic amines) is 1. The molecule has 2 N–H and O–H groups in total. The summed E-state index contributed by atoms with van der Waals surface area (Å²) >= 11 is 0. The highest BCUT2D eigenvalue weighted by Gasteiger charge is 2.28. The van der Waals surface area contributed by atoms with E-state index in [1.165, 1.54) is 0 Å². The Labute approximate surface area is 219 Å². The first-order valence-electron chi connectivity index (χ1n) is 13.0. The number of phenolic OH excluding ortho intramolecular Hbond substituents is 1. The van der Waals surface area contributed by atoms with Gasteiger partial charge in [0.05, 0.1) is 12.2 Å². The molecule has 0 unspecified atom stereocenters. The van der Waals surface area contributed by atoms with E-state index in [4.69, 9.17) is 9.84 Å². The van der Waals surface area contributed by atoms with Gasteiger partial charge in [-0.05, 0) is 80.9 Å².